The van der Waals surface area contributed by atoms with Crippen LogP contribution in [0.15, 0.2) is 59.0 Å². The van der Waals surface area contributed by atoms with Crippen molar-refractivity contribution in [2.75, 3.05) is 18.1 Å². The number of hydrogen-bond donors (Lipinski definition) is 0. The van der Waals surface area contributed by atoms with Gasteiger partial charge in [-0.15, -0.1) is 0 Å². The molecule has 3 aromatic rings. The quantitative estimate of drug-likeness (QED) is 0.502. The molecule has 0 radical (unpaired) electrons. The predicted octanol–water partition coefficient (Wildman–Crippen LogP) is 4.81. The summed E-state index contributed by atoms with van der Waals surface area (Å²) in [5.41, 5.74) is 2.69. The van der Waals surface area contributed by atoms with Gasteiger partial charge in [0.1, 0.15) is 0 Å². The molecule has 6 nitrogen and oxygen atoms in total. The minimum absolute atomic E-state index is 0.105. The summed E-state index contributed by atoms with van der Waals surface area (Å²) < 4.78 is 11.0. The monoisotopic (exact) mass is 406 g/mol. The molecule has 3 rings (SSSR count). The van der Waals surface area contributed by atoms with Gasteiger partial charge in [0.25, 0.3) is 0 Å². The fraction of sp³-hybridized carbons (Fsp3) is 0.292. The molecule has 6 heteroatoms. The van der Waals surface area contributed by atoms with Gasteiger partial charge >= 0.3 is 5.97 Å². The highest BCUT2D eigenvalue weighted by atomic mass is 16.5. The molecule has 1 amide bonds. The van der Waals surface area contributed by atoms with Crippen LogP contribution in [-0.4, -0.2) is 30.0 Å². The zero-order valence-electron chi connectivity index (χ0n) is 17.6. The van der Waals surface area contributed by atoms with Crippen LogP contribution in [0.5, 0.6) is 0 Å². The minimum Gasteiger partial charge on any atom is -0.462 e. The Morgan fingerprint density at radius 2 is 1.73 bits per heavy atom. The highest BCUT2D eigenvalue weighted by Crippen LogP contribution is 2.26. The fourth-order valence-electron chi connectivity index (χ4n) is 3.34. The minimum atomic E-state index is -0.435. The standard InChI is InChI=1S/C24H26N2O4/c1-4-26(20-14-10-9-13-19(20)24(28)29-5-2)22(27)16-15-21-25-17(3)23(30-21)18-11-7-6-8-12-18/h6-14H,4-5,15-16H2,1-3H3. The molecule has 1 aromatic heterocycles. The van der Waals surface area contributed by atoms with Crippen molar-refractivity contribution in [2.45, 2.75) is 33.6 Å². The van der Waals surface area contributed by atoms with Crippen LogP contribution in [0.2, 0.25) is 0 Å². The Morgan fingerprint density at radius 3 is 2.43 bits per heavy atom. The van der Waals surface area contributed by atoms with Crippen LogP contribution in [0.3, 0.4) is 0 Å². The highest BCUT2D eigenvalue weighted by molar-refractivity contribution is 6.02. The number of amides is 1. The lowest BCUT2D eigenvalue weighted by Gasteiger charge is -2.23. The lowest BCUT2D eigenvalue weighted by atomic mass is 10.1. The van der Waals surface area contributed by atoms with Crippen LogP contribution in [0.4, 0.5) is 5.69 Å². The van der Waals surface area contributed by atoms with E-state index in [1.165, 1.54) is 0 Å². The van der Waals surface area contributed by atoms with Crippen molar-refractivity contribution in [1.29, 1.82) is 0 Å². The summed E-state index contributed by atoms with van der Waals surface area (Å²) in [5, 5.41) is 0. The van der Waals surface area contributed by atoms with Crippen LogP contribution < -0.4 is 4.90 Å². The Kier molecular flexibility index (Phi) is 7.01. The van der Waals surface area contributed by atoms with Gasteiger partial charge in [0.15, 0.2) is 11.7 Å². The number of ether oxygens (including phenoxy) is 1. The molecule has 0 spiro atoms. The average Bonchev–Trinajstić information content (AvgIpc) is 3.14. The van der Waals surface area contributed by atoms with E-state index in [0.29, 0.717) is 30.1 Å². The van der Waals surface area contributed by atoms with Crippen LogP contribution in [0, 0.1) is 6.92 Å². The third kappa shape index (κ3) is 4.76. The molecular formula is C24H26N2O4. The molecule has 1 heterocycles. The molecule has 156 valence electrons. The Balaban J connectivity index is 1.74. The average molecular weight is 406 g/mol. The number of carbonyl (C=O) groups excluding carboxylic acids is 2. The summed E-state index contributed by atoms with van der Waals surface area (Å²) in [5.74, 6) is 0.703. The van der Waals surface area contributed by atoms with Gasteiger partial charge in [-0.2, -0.15) is 0 Å². The highest BCUT2D eigenvalue weighted by Gasteiger charge is 2.22. The number of aryl methyl sites for hydroxylation is 2. The number of esters is 1. The molecule has 0 unspecified atom stereocenters. The first kappa shape index (κ1) is 21.3. The first-order valence-electron chi connectivity index (χ1n) is 10.1. The summed E-state index contributed by atoms with van der Waals surface area (Å²) >= 11 is 0. The third-order valence-electron chi connectivity index (χ3n) is 4.74. The number of nitrogens with zero attached hydrogens (tertiary/aromatic N) is 2. The van der Waals surface area contributed by atoms with E-state index in [-0.39, 0.29) is 18.9 Å². The normalized spacial score (nSPS) is 10.6. The number of benzene rings is 2. The van der Waals surface area contributed by atoms with Gasteiger partial charge in [-0.05, 0) is 32.9 Å². The summed E-state index contributed by atoms with van der Waals surface area (Å²) in [6.45, 7) is 6.24. The van der Waals surface area contributed by atoms with E-state index >= 15 is 0 Å². The van der Waals surface area contributed by atoms with Crippen LogP contribution >= 0.6 is 0 Å². The van der Waals surface area contributed by atoms with Crippen molar-refractivity contribution >= 4 is 17.6 Å². The zero-order chi connectivity index (χ0) is 21.5. The van der Waals surface area contributed by atoms with Gasteiger partial charge in [-0.1, -0.05) is 42.5 Å². The number of rotatable bonds is 8. The van der Waals surface area contributed by atoms with Gasteiger partial charge in [0.2, 0.25) is 5.91 Å². The Morgan fingerprint density at radius 1 is 1.03 bits per heavy atom. The zero-order valence-corrected chi connectivity index (χ0v) is 17.6. The Bertz CT molecular complexity index is 1010. The summed E-state index contributed by atoms with van der Waals surface area (Å²) in [6, 6.07) is 16.8. The van der Waals surface area contributed by atoms with Crippen LogP contribution in [-0.2, 0) is 16.0 Å². The second kappa shape index (κ2) is 9.87. The Labute approximate surface area is 176 Å². The molecule has 0 aliphatic heterocycles. The number of anilines is 1. The molecule has 0 aliphatic carbocycles. The molecule has 0 N–H and O–H groups in total. The Hall–Kier alpha value is -3.41. The number of carbonyl (C=O) groups is 2. The van der Waals surface area contributed by atoms with E-state index in [4.69, 9.17) is 9.15 Å². The van der Waals surface area contributed by atoms with E-state index in [9.17, 15) is 9.59 Å². The van der Waals surface area contributed by atoms with Crippen molar-refractivity contribution in [3.63, 3.8) is 0 Å². The second-order valence-corrected chi connectivity index (χ2v) is 6.76. The van der Waals surface area contributed by atoms with E-state index < -0.39 is 5.97 Å². The number of para-hydroxylation sites is 1. The molecular weight excluding hydrogens is 380 g/mol. The molecule has 0 fully saturated rings. The number of aromatic nitrogens is 1. The molecule has 0 bridgehead atoms. The predicted molar refractivity (Wildman–Crippen MR) is 115 cm³/mol. The van der Waals surface area contributed by atoms with Crippen LogP contribution in [0.25, 0.3) is 11.3 Å². The number of hydrogen-bond acceptors (Lipinski definition) is 5. The molecule has 0 saturated heterocycles. The maximum Gasteiger partial charge on any atom is 0.340 e. The second-order valence-electron chi connectivity index (χ2n) is 6.76. The van der Waals surface area contributed by atoms with E-state index in [2.05, 4.69) is 4.98 Å². The molecule has 30 heavy (non-hydrogen) atoms. The van der Waals surface area contributed by atoms with E-state index in [1.807, 2.05) is 44.2 Å². The van der Waals surface area contributed by atoms with Gasteiger partial charge in [-0.25, -0.2) is 9.78 Å². The lowest BCUT2D eigenvalue weighted by molar-refractivity contribution is -0.118. The maximum absolute atomic E-state index is 12.9. The van der Waals surface area contributed by atoms with E-state index in [0.717, 1.165) is 17.0 Å². The fourth-order valence-corrected chi connectivity index (χ4v) is 3.34. The van der Waals surface area contributed by atoms with Crippen LogP contribution in [0.1, 0.15) is 42.2 Å². The van der Waals surface area contributed by atoms with Gasteiger partial charge in [-0.3, -0.25) is 4.79 Å². The van der Waals surface area contributed by atoms with Crippen molar-refractivity contribution in [3.05, 3.63) is 71.7 Å². The maximum atomic E-state index is 12.9. The first-order chi connectivity index (χ1) is 14.5. The van der Waals surface area contributed by atoms with Crippen molar-refractivity contribution in [1.82, 2.24) is 4.98 Å². The van der Waals surface area contributed by atoms with Crippen molar-refractivity contribution in [2.24, 2.45) is 0 Å². The largest absolute Gasteiger partial charge is 0.462 e. The van der Waals surface area contributed by atoms with Crippen molar-refractivity contribution in [3.8, 4) is 11.3 Å². The lowest BCUT2D eigenvalue weighted by Crippen LogP contribution is -2.32. The van der Waals surface area contributed by atoms with E-state index in [1.54, 1.807) is 36.1 Å². The first-order valence-corrected chi connectivity index (χ1v) is 10.1. The molecule has 0 aliphatic rings. The molecule has 0 atom stereocenters. The topological polar surface area (TPSA) is 72.6 Å². The summed E-state index contributed by atoms with van der Waals surface area (Å²) in [6.07, 6.45) is 0.601. The van der Waals surface area contributed by atoms with Gasteiger partial charge in [0, 0.05) is 24.9 Å². The van der Waals surface area contributed by atoms with Gasteiger partial charge in [0.05, 0.1) is 23.6 Å². The summed E-state index contributed by atoms with van der Waals surface area (Å²) in [7, 11) is 0. The smallest absolute Gasteiger partial charge is 0.340 e. The molecule has 2 aromatic carbocycles. The summed E-state index contributed by atoms with van der Waals surface area (Å²) in [4.78, 5) is 31.3. The SMILES string of the molecule is CCOC(=O)c1ccccc1N(CC)C(=O)CCc1nc(C)c(-c2ccccc2)o1. The number of oxazole rings is 1. The molecule has 0 saturated carbocycles. The third-order valence-corrected chi connectivity index (χ3v) is 4.74. The van der Waals surface area contributed by atoms with Crippen molar-refractivity contribution < 1.29 is 18.7 Å². The van der Waals surface area contributed by atoms with Gasteiger partial charge < -0.3 is 14.1 Å².